The predicted molar refractivity (Wildman–Crippen MR) is 167 cm³/mol. The number of phenols is 2. The number of aromatic hydroxyl groups is 2. The van der Waals surface area contributed by atoms with E-state index in [-0.39, 0.29) is 11.5 Å². The standard InChI is InChI=1S/C36H24N2O2/c39-33-19-17-23-9-1-3-11-25(23)31(33)21-37-35-29-15-7-5-13-27(29)28-14-6-8-16-30(28)36(35)38-22-32-26-12-4-2-10-24(26)18-20-34(32)40/h1-22,39-40H. The van der Waals surface area contributed by atoms with Crippen molar-refractivity contribution < 1.29 is 10.2 Å². The van der Waals surface area contributed by atoms with Crippen molar-refractivity contribution in [3.8, 4) is 11.5 Å². The summed E-state index contributed by atoms with van der Waals surface area (Å²) in [5.74, 6) is 0.330. The van der Waals surface area contributed by atoms with Crippen molar-refractivity contribution >= 4 is 66.9 Å². The molecule has 0 atom stereocenters. The molecule has 0 amide bonds. The number of aliphatic imine (C=N–C) groups is 2. The summed E-state index contributed by atoms with van der Waals surface area (Å²) < 4.78 is 0. The molecule has 0 bridgehead atoms. The lowest BCUT2D eigenvalue weighted by Crippen LogP contribution is -1.89. The minimum atomic E-state index is 0.165. The van der Waals surface area contributed by atoms with E-state index < -0.39 is 0 Å². The van der Waals surface area contributed by atoms with E-state index in [1.54, 1.807) is 24.6 Å². The largest absolute Gasteiger partial charge is 0.507 e. The summed E-state index contributed by atoms with van der Waals surface area (Å²) in [5.41, 5.74) is 2.68. The van der Waals surface area contributed by atoms with Gasteiger partial charge in [0.05, 0.1) is 11.4 Å². The highest BCUT2D eigenvalue weighted by atomic mass is 16.3. The van der Waals surface area contributed by atoms with Crippen LogP contribution in [-0.4, -0.2) is 22.6 Å². The van der Waals surface area contributed by atoms with E-state index in [9.17, 15) is 10.2 Å². The van der Waals surface area contributed by atoms with Gasteiger partial charge in [-0.1, -0.05) is 109 Å². The van der Waals surface area contributed by atoms with Crippen LogP contribution in [0.1, 0.15) is 11.1 Å². The summed E-state index contributed by atoms with van der Waals surface area (Å²) in [7, 11) is 0. The Morgan fingerprint density at radius 3 is 1.15 bits per heavy atom. The van der Waals surface area contributed by atoms with E-state index in [1.807, 2.05) is 97.1 Å². The van der Waals surface area contributed by atoms with E-state index in [2.05, 4.69) is 12.1 Å². The monoisotopic (exact) mass is 516 g/mol. The highest BCUT2D eigenvalue weighted by Crippen LogP contribution is 2.44. The third-order valence-electron chi connectivity index (χ3n) is 7.42. The maximum atomic E-state index is 10.8. The molecule has 0 aliphatic carbocycles. The molecule has 0 heterocycles. The van der Waals surface area contributed by atoms with Crippen LogP contribution in [0.2, 0.25) is 0 Å². The van der Waals surface area contributed by atoms with Gasteiger partial charge in [-0.15, -0.1) is 0 Å². The van der Waals surface area contributed by atoms with Crippen LogP contribution < -0.4 is 0 Å². The van der Waals surface area contributed by atoms with Crippen LogP contribution in [0.3, 0.4) is 0 Å². The second-order valence-electron chi connectivity index (χ2n) is 9.74. The first-order chi connectivity index (χ1) is 19.7. The zero-order valence-corrected chi connectivity index (χ0v) is 21.5. The average Bonchev–Trinajstić information content (AvgIpc) is 3.00. The third kappa shape index (κ3) is 3.94. The molecule has 7 aromatic rings. The molecule has 0 aliphatic heterocycles. The predicted octanol–water partition coefficient (Wildman–Crippen LogP) is 9.21. The summed E-state index contributed by atoms with van der Waals surface area (Å²) in [6.45, 7) is 0. The Bertz CT molecular complexity index is 1990. The van der Waals surface area contributed by atoms with Crippen LogP contribution in [0.15, 0.2) is 131 Å². The van der Waals surface area contributed by atoms with Gasteiger partial charge in [-0.25, -0.2) is 0 Å². The maximum absolute atomic E-state index is 10.8. The number of rotatable bonds is 4. The highest BCUT2D eigenvalue weighted by molar-refractivity contribution is 6.20. The van der Waals surface area contributed by atoms with Gasteiger partial charge in [0.25, 0.3) is 0 Å². The maximum Gasteiger partial charge on any atom is 0.124 e. The molecule has 4 heteroatoms. The molecule has 40 heavy (non-hydrogen) atoms. The van der Waals surface area contributed by atoms with Crippen LogP contribution >= 0.6 is 0 Å². The molecule has 0 saturated heterocycles. The number of benzene rings is 7. The van der Waals surface area contributed by atoms with Gasteiger partial charge < -0.3 is 10.2 Å². The molecule has 0 radical (unpaired) electrons. The Hall–Kier alpha value is -5.48. The number of nitrogens with zero attached hydrogens (tertiary/aromatic N) is 2. The first-order valence-corrected chi connectivity index (χ1v) is 13.1. The van der Waals surface area contributed by atoms with Crippen molar-refractivity contribution in [1.29, 1.82) is 0 Å². The summed E-state index contributed by atoms with van der Waals surface area (Å²) in [6, 6.07) is 39.4. The third-order valence-corrected chi connectivity index (χ3v) is 7.42. The number of hydrogen-bond donors (Lipinski definition) is 2. The van der Waals surface area contributed by atoms with Crippen molar-refractivity contribution in [2.24, 2.45) is 9.98 Å². The van der Waals surface area contributed by atoms with Gasteiger partial charge in [0.1, 0.15) is 11.5 Å². The Morgan fingerprint density at radius 1 is 0.375 bits per heavy atom. The fraction of sp³-hybridized carbons (Fsp3) is 0. The zero-order valence-electron chi connectivity index (χ0n) is 21.5. The van der Waals surface area contributed by atoms with E-state index in [0.29, 0.717) is 22.5 Å². The fourth-order valence-corrected chi connectivity index (χ4v) is 5.46. The molecule has 0 saturated carbocycles. The van der Waals surface area contributed by atoms with Gasteiger partial charge in [0, 0.05) is 34.3 Å². The first-order valence-electron chi connectivity index (χ1n) is 13.1. The van der Waals surface area contributed by atoms with E-state index in [4.69, 9.17) is 9.98 Å². The molecule has 7 rings (SSSR count). The number of phenolic OH excluding ortho intramolecular Hbond substituents is 2. The van der Waals surface area contributed by atoms with Crippen molar-refractivity contribution in [2.75, 3.05) is 0 Å². The lowest BCUT2D eigenvalue weighted by atomic mass is 9.98. The molecule has 0 spiro atoms. The van der Waals surface area contributed by atoms with E-state index >= 15 is 0 Å². The summed E-state index contributed by atoms with van der Waals surface area (Å²) in [6.07, 6.45) is 3.45. The van der Waals surface area contributed by atoms with Crippen LogP contribution in [0.5, 0.6) is 11.5 Å². The number of hydrogen-bond acceptors (Lipinski definition) is 4. The van der Waals surface area contributed by atoms with Gasteiger partial charge >= 0.3 is 0 Å². The topological polar surface area (TPSA) is 65.2 Å². The lowest BCUT2D eigenvalue weighted by molar-refractivity contribution is 0.475. The van der Waals surface area contributed by atoms with Gasteiger partial charge in [0.2, 0.25) is 0 Å². The zero-order chi connectivity index (χ0) is 27.1. The lowest BCUT2D eigenvalue weighted by Gasteiger charge is -2.13. The quantitative estimate of drug-likeness (QED) is 0.181. The van der Waals surface area contributed by atoms with E-state index in [1.165, 1.54) is 0 Å². The van der Waals surface area contributed by atoms with Gasteiger partial charge in [0.15, 0.2) is 0 Å². The van der Waals surface area contributed by atoms with Crippen LogP contribution in [0.4, 0.5) is 11.4 Å². The summed E-state index contributed by atoms with van der Waals surface area (Å²) in [4.78, 5) is 10.0. The second kappa shape index (κ2) is 9.68. The van der Waals surface area contributed by atoms with Crippen molar-refractivity contribution in [2.45, 2.75) is 0 Å². The minimum absolute atomic E-state index is 0.165. The molecule has 190 valence electrons. The molecule has 2 N–H and O–H groups in total. The average molecular weight is 517 g/mol. The molecule has 4 nitrogen and oxygen atoms in total. The van der Waals surface area contributed by atoms with Crippen molar-refractivity contribution in [3.05, 3.63) is 132 Å². The Labute approximate surface area is 230 Å². The Balaban J connectivity index is 1.50. The number of fused-ring (bicyclic) bond motifs is 5. The minimum Gasteiger partial charge on any atom is -0.507 e. The molecule has 0 aliphatic rings. The molecular weight excluding hydrogens is 492 g/mol. The first kappa shape index (κ1) is 23.6. The van der Waals surface area contributed by atoms with Crippen LogP contribution in [0, 0.1) is 0 Å². The second-order valence-corrected chi connectivity index (χ2v) is 9.74. The normalized spacial score (nSPS) is 12.0. The van der Waals surface area contributed by atoms with Gasteiger partial charge in [-0.3, -0.25) is 9.98 Å². The van der Waals surface area contributed by atoms with Gasteiger partial charge in [-0.2, -0.15) is 0 Å². The SMILES string of the molecule is Oc1ccc2ccccc2c1C=Nc1c(N=Cc2c(O)ccc3ccccc23)c2ccccc2c2ccccc12. The molecule has 0 fully saturated rings. The summed E-state index contributed by atoms with van der Waals surface area (Å²) >= 11 is 0. The molecular formula is C36H24N2O2. The van der Waals surface area contributed by atoms with Crippen LogP contribution in [-0.2, 0) is 0 Å². The van der Waals surface area contributed by atoms with Crippen LogP contribution in [0.25, 0.3) is 43.1 Å². The van der Waals surface area contributed by atoms with E-state index in [0.717, 1.165) is 43.1 Å². The summed E-state index contributed by atoms with van der Waals surface area (Å²) in [5, 5.41) is 29.5. The van der Waals surface area contributed by atoms with Crippen molar-refractivity contribution in [1.82, 2.24) is 0 Å². The van der Waals surface area contributed by atoms with Crippen molar-refractivity contribution in [3.63, 3.8) is 0 Å². The highest BCUT2D eigenvalue weighted by Gasteiger charge is 2.14. The molecule has 0 unspecified atom stereocenters. The fourth-order valence-electron chi connectivity index (χ4n) is 5.46. The Morgan fingerprint density at radius 2 is 0.725 bits per heavy atom. The van der Waals surface area contributed by atoms with Gasteiger partial charge in [-0.05, 0) is 44.5 Å². The molecule has 0 aromatic heterocycles. The molecule has 7 aromatic carbocycles. The smallest absolute Gasteiger partial charge is 0.124 e. The Kier molecular flexibility index (Phi) is 5.72.